The Morgan fingerprint density at radius 1 is 1.09 bits per heavy atom. The Bertz CT molecular complexity index is 1350. The summed E-state index contributed by atoms with van der Waals surface area (Å²) >= 11 is 6.01. The molecular formula is C22H20ClN5O4. The standard InChI is InChI=1S/C22H20ClN5O4/c1-13-21(28(31)20-12-15(32-2)4-6-19(20)27(13)30)22(29)26-10-9-25-17-7-8-24-18-11-14(23)3-5-16(17)18/h3-8,11-12H,9-10H2,1-2H3,(H,24,25)(H,26,29). The van der Waals surface area contributed by atoms with E-state index in [-0.39, 0.29) is 29.0 Å². The van der Waals surface area contributed by atoms with E-state index in [9.17, 15) is 15.2 Å². The van der Waals surface area contributed by atoms with Gasteiger partial charge in [0.05, 0.1) is 18.7 Å². The van der Waals surface area contributed by atoms with Crippen LogP contribution in [-0.4, -0.2) is 31.1 Å². The number of aromatic nitrogens is 3. The van der Waals surface area contributed by atoms with E-state index in [1.54, 1.807) is 24.4 Å². The van der Waals surface area contributed by atoms with Crippen LogP contribution in [0, 0.1) is 17.3 Å². The van der Waals surface area contributed by atoms with Crippen molar-refractivity contribution in [2.75, 3.05) is 25.5 Å². The van der Waals surface area contributed by atoms with Crippen molar-refractivity contribution >= 4 is 45.1 Å². The van der Waals surface area contributed by atoms with Gasteiger partial charge in [-0.3, -0.25) is 9.78 Å². The molecule has 9 nitrogen and oxygen atoms in total. The molecule has 2 heterocycles. The fraction of sp³-hybridized carbons (Fsp3) is 0.182. The number of rotatable bonds is 6. The second kappa shape index (κ2) is 8.72. The minimum atomic E-state index is -0.639. The lowest BCUT2D eigenvalue weighted by atomic mass is 10.2. The first-order valence-corrected chi connectivity index (χ1v) is 10.2. The molecule has 0 aliphatic carbocycles. The van der Waals surface area contributed by atoms with E-state index in [2.05, 4.69) is 15.6 Å². The van der Waals surface area contributed by atoms with Gasteiger partial charge in [-0.2, -0.15) is 4.73 Å². The molecule has 0 atom stereocenters. The number of benzene rings is 2. The van der Waals surface area contributed by atoms with E-state index < -0.39 is 5.91 Å². The fourth-order valence-electron chi connectivity index (χ4n) is 3.50. The molecule has 0 aliphatic heterocycles. The molecule has 4 aromatic rings. The van der Waals surface area contributed by atoms with Gasteiger partial charge in [-0.15, -0.1) is 4.73 Å². The van der Waals surface area contributed by atoms with Crippen LogP contribution >= 0.6 is 11.6 Å². The summed E-state index contributed by atoms with van der Waals surface area (Å²) in [5, 5.41) is 32.9. The number of anilines is 1. The van der Waals surface area contributed by atoms with Crippen LogP contribution in [0.2, 0.25) is 5.02 Å². The highest BCUT2D eigenvalue weighted by molar-refractivity contribution is 6.31. The third kappa shape index (κ3) is 3.90. The van der Waals surface area contributed by atoms with E-state index in [0.29, 0.717) is 26.8 Å². The first kappa shape index (κ1) is 21.4. The lowest BCUT2D eigenvalue weighted by Crippen LogP contribution is -2.49. The van der Waals surface area contributed by atoms with E-state index >= 15 is 0 Å². The molecule has 0 bridgehead atoms. The van der Waals surface area contributed by atoms with Crippen LogP contribution in [0.4, 0.5) is 5.69 Å². The van der Waals surface area contributed by atoms with Crippen molar-refractivity contribution in [2.45, 2.75) is 6.92 Å². The summed E-state index contributed by atoms with van der Waals surface area (Å²) in [5.74, 6) is -0.229. The van der Waals surface area contributed by atoms with Crippen LogP contribution in [0.5, 0.6) is 5.75 Å². The number of methoxy groups -OCH3 is 1. The maximum absolute atomic E-state index is 12.9. The predicted molar refractivity (Wildman–Crippen MR) is 121 cm³/mol. The Morgan fingerprint density at radius 2 is 1.91 bits per heavy atom. The van der Waals surface area contributed by atoms with Crippen molar-refractivity contribution in [1.82, 2.24) is 10.3 Å². The smallest absolute Gasteiger partial charge is 0.350 e. The zero-order chi connectivity index (χ0) is 22.8. The lowest BCUT2D eigenvalue weighted by Gasteiger charge is -2.13. The molecule has 0 saturated carbocycles. The van der Waals surface area contributed by atoms with Crippen LogP contribution in [0.1, 0.15) is 16.2 Å². The Kier molecular flexibility index (Phi) is 5.83. The van der Waals surface area contributed by atoms with Gasteiger partial charge in [0.2, 0.25) is 0 Å². The minimum Gasteiger partial charge on any atom is -0.618 e. The van der Waals surface area contributed by atoms with Gasteiger partial charge < -0.3 is 25.8 Å². The third-order valence-electron chi connectivity index (χ3n) is 5.12. The number of nitrogens with one attached hydrogen (secondary N) is 2. The highest BCUT2D eigenvalue weighted by Gasteiger charge is 2.30. The molecule has 10 heteroatoms. The number of hydrogen-bond donors (Lipinski definition) is 2. The molecule has 164 valence electrons. The molecule has 1 amide bonds. The molecule has 32 heavy (non-hydrogen) atoms. The van der Waals surface area contributed by atoms with E-state index in [1.165, 1.54) is 26.2 Å². The number of ether oxygens (including phenoxy) is 1. The van der Waals surface area contributed by atoms with Gasteiger partial charge in [0, 0.05) is 48.4 Å². The average Bonchev–Trinajstić information content (AvgIpc) is 2.80. The molecular weight excluding hydrogens is 434 g/mol. The highest BCUT2D eigenvalue weighted by atomic mass is 35.5. The summed E-state index contributed by atoms with van der Waals surface area (Å²) in [5.41, 5.74) is 1.55. The third-order valence-corrected chi connectivity index (χ3v) is 5.35. The number of amides is 1. The van der Waals surface area contributed by atoms with Crippen molar-refractivity contribution in [3.8, 4) is 5.75 Å². The van der Waals surface area contributed by atoms with E-state index in [1.807, 2.05) is 12.1 Å². The van der Waals surface area contributed by atoms with E-state index in [0.717, 1.165) is 16.6 Å². The van der Waals surface area contributed by atoms with Crippen LogP contribution in [0.15, 0.2) is 48.7 Å². The van der Waals surface area contributed by atoms with Gasteiger partial charge in [-0.1, -0.05) is 11.6 Å². The van der Waals surface area contributed by atoms with Crippen LogP contribution < -0.4 is 24.8 Å². The molecule has 0 saturated heterocycles. The van der Waals surface area contributed by atoms with Gasteiger partial charge in [0.25, 0.3) is 16.7 Å². The Hall–Kier alpha value is -3.85. The summed E-state index contributed by atoms with van der Waals surface area (Å²) < 4.78 is 6.16. The quantitative estimate of drug-likeness (QED) is 0.263. The van der Waals surface area contributed by atoms with Gasteiger partial charge in [-0.25, -0.2) is 0 Å². The normalized spacial score (nSPS) is 11.0. The van der Waals surface area contributed by atoms with Crippen LogP contribution in [0.25, 0.3) is 21.9 Å². The van der Waals surface area contributed by atoms with Gasteiger partial charge >= 0.3 is 11.6 Å². The molecule has 4 rings (SSSR count). The largest absolute Gasteiger partial charge is 0.618 e. The molecule has 2 N–H and O–H groups in total. The van der Waals surface area contributed by atoms with Crippen LogP contribution in [-0.2, 0) is 0 Å². The zero-order valence-corrected chi connectivity index (χ0v) is 18.1. The number of carbonyl (C=O) groups is 1. The molecule has 2 aromatic carbocycles. The summed E-state index contributed by atoms with van der Waals surface area (Å²) in [7, 11) is 1.46. The average molecular weight is 454 g/mol. The summed E-state index contributed by atoms with van der Waals surface area (Å²) in [4.78, 5) is 17.0. The number of halogens is 1. The van der Waals surface area contributed by atoms with Crippen molar-refractivity contribution in [3.05, 3.63) is 75.5 Å². The molecule has 0 aliphatic rings. The second-order valence-electron chi connectivity index (χ2n) is 7.08. The maximum Gasteiger partial charge on any atom is 0.350 e. The number of pyridine rings is 1. The van der Waals surface area contributed by atoms with Crippen molar-refractivity contribution in [3.63, 3.8) is 0 Å². The molecule has 0 radical (unpaired) electrons. The van der Waals surface area contributed by atoms with Gasteiger partial charge in [-0.05, 0) is 30.3 Å². The zero-order valence-electron chi connectivity index (χ0n) is 17.4. The molecule has 0 spiro atoms. The number of hydrogen-bond acceptors (Lipinski definition) is 6. The summed E-state index contributed by atoms with van der Waals surface area (Å²) in [6.45, 7) is 2.06. The van der Waals surface area contributed by atoms with Crippen LogP contribution in [0.3, 0.4) is 0 Å². The molecule has 2 aromatic heterocycles. The number of carbonyl (C=O) groups excluding carboxylic acids is 1. The van der Waals surface area contributed by atoms with Crippen molar-refractivity contribution in [2.24, 2.45) is 0 Å². The maximum atomic E-state index is 12.9. The van der Waals surface area contributed by atoms with Crippen molar-refractivity contribution in [1.29, 1.82) is 0 Å². The fourth-order valence-corrected chi connectivity index (χ4v) is 3.66. The van der Waals surface area contributed by atoms with E-state index in [4.69, 9.17) is 16.3 Å². The highest BCUT2D eigenvalue weighted by Crippen LogP contribution is 2.24. The Balaban J connectivity index is 1.50. The first-order chi connectivity index (χ1) is 15.4. The Labute approximate surface area is 188 Å². The number of nitrogens with zero attached hydrogens (tertiary/aromatic N) is 3. The summed E-state index contributed by atoms with van der Waals surface area (Å²) in [6, 6.07) is 11.7. The molecule has 0 unspecified atom stereocenters. The minimum absolute atomic E-state index is 0.0140. The second-order valence-corrected chi connectivity index (χ2v) is 7.52. The number of fused-ring (bicyclic) bond motifs is 2. The van der Waals surface area contributed by atoms with Gasteiger partial charge in [0.1, 0.15) is 5.75 Å². The first-order valence-electron chi connectivity index (χ1n) is 9.80. The topological polar surface area (TPSA) is 117 Å². The SMILES string of the molecule is COc1ccc2c(c1)[n+]([O-])c(C(=O)NCCNc1ccnc3cc(Cl)ccc13)c(C)[n+]2[O-]. The lowest BCUT2D eigenvalue weighted by molar-refractivity contribution is -0.635. The monoisotopic (exact) mass is 453 g/mol. The van der Waals surface area contributed by atoms with Gasteiger partial charge in [0.15, 0.2) is 0 Å². The van der Waals surface area contributed by atoms with Crippen molar-refractivity contribution < 1.29 is 19.0 Å². The predicted octanol–water partition coefficient (Wildman–Crippen LogP) is 2.47. The summed E-state index contributed by atoms with van der Waals surface area (Å²) in [6.07, 6.45) is 1.67. The Morgan fingerprint density at radius 3 is 2.69 bits per heavy atom. The molecule has 0 fully saturated rings.